The van der Waals surface area contributed by atoms with Crippen LogP contribution in [0.2, 0.25) is 0 Å². The monoisotopic (exact) mass is 358 g/mol. The smallest absolute Gasteiger partial charge is 0.171 e. The van der Waals surface area contributed by atoms with Crippen molar-refractivity contribution in [3.8, 4) is 11.5 Å². The Hall–Kier alpha value is -2.27. The summed E-state index contributed by atoms with van der Waals surface area (Å²) in [5, 5.41) is 7.24. The fourth-order valence-electron chi connectivity index (χ4n) is 2.67. The lowest BCUT2D eigenvalue weighted by Crippen LogP contribution is -2.33. The van der Waals surface area contributed by atoms with Gasteiger partial charge in [-0.3, -0.25) is 0 Å². The van der Waals surface area contributed by atoms with Gasteiger partial charge in [0.2, 0.25) is 0 Å². The van der Waals surface area contributed by atoms with Crippen molar-refractivity contribution >= 4 is 23.0 Å². The van der Waals surface area contributed by atoms with Crippen molar-refractivity contribution in [3.63, 3.8) is 0 Å². The average Bonchev–Trinajstić information content (AvgIpc) is 2.61. The Morgan fingerprint density at radius 2 is 1.68 bits per heavy atom. The van der Waals surface area contributed by atoms with Gasteiger partial charge in [0.15, 0.2) is 16.6 Å². The molecule has 0 saturated carbocycles. The summed E-state index contributed by atoms with van der Waals surface area (Å²) in [5.74, 6) is 1.91. The Bertz CT molecular complexity index is 689. The first kappa shape index (κ1) is 19.1. The van der Waals surface area contributed by atoms with E-state index in [-0.39, 0.29) is 6.04 Å². The maximum atomic E-state index is 5.51. The second kappa shape index (κ2) is 9.28. The molecule has 0 aliphatic rings. The highest BCUT2D eigenvalue weighted by Crippen LogP contribution is 2.30. The summed E-state index contributed by atoms with van der Waals surface area (Å²) in [6.45, 7) is 4.42. The van der Waals surface area contributed by atoms with E-state index in [1.165, 1.54) is 5.56 Å². The van der Waals surface area contributed by atoms with Gasteiger partial charge < -0.3 is 20.1 Å². The number of thiocarbonyl (C=S) groups is 1. The number of hydrogen-bond acceptors (Lipinski definition) is 3. The summed E-state index contributed by atoms with van der Waals surface area (Å²) in [5.41, 5.74) is 2.08. The Kier molecular flexibility index (Phi) is 7.07. The van der Waals surface area contributed by atoms with Crippen LogP contribution in [0.15, 0.2) is 48.5 Å². The van der Waals surface area contributed by atoms with Gasteiger partial charge in [-0.2, -0.15) is 0 Å². The van der Waals surface area contributed by atoms with E-state index in [0.717, 1.165) is 12.1 Å². The van der Waals surface area contributed by atoms with Gasteiger partial charge in [-0.15, -0.1) is 0 Å². The molecule has 0 heterocycles. The predicted molar refractivity (Wildman–Crippen MR) is 108 cm³/mol. The maximum absolute atomic E-state index is 5.51. The van der Waals surface area contributed by atoms with Crippen LogP contribution in [0.1, 0.15) is 31.9 Å². The molecule has 2 aromatic rings. The summed E-state index contributed by atoms with van der Waals surface area (Å²) in [4.78, 5) is 0. The van der Waals surface area contributed by atoms with E-state index in [4.69, 9.17) is 21.7 Å². The molecule has 0 aromatic heterocycles. The first-order valence-corrected chi connectivity index (χ1v) is 8.78. The number of rotatable bonds is 7. The number of anilines is 1. The standard InChI is InChI=1S/C20H26N2O2S/c1-14(2)12-17(15-8-6-5-7-9-15)22-20(25)21-16-10-11-18(23-3)19(13-16)24-4/h5-11,13-14,17H,12H2,1-4H3,(H2,21,22,25)/t17-/m1/s1. The summed E-state index contributed by atoms with van der Waals surface area (Å²) in [6.07, 6.45) is 0.998. The lowest BCUT2D eigenvalue weighted by Gasteiger charge is -2.23. The van der Waals surface area contributed by atoms with Crippen LogP contribution >= 0.6 is 12.2 Å². The van der Waals surface area contributed by atoms with Crippen molar-refractivity contribution in [1.29, 1.82) is 0 Å². The van der Waals surface area contributed by atoms with Crippen LogP contribution in [0.25, 0.3) is 0 Å². The van der Waals surface area contributed by atoms with E-state index in [0.29, 0.717) is 22.5 Å². The quantitative estimate of drug-likeness (QED) is 0.698. The first-order valence-electron chi connectivity index (χ1n) is 8.38. The summed E-state index contributed by atoms with van der Waals surface area (Å²) >= 11 is 5.51. The third kappa shape index (κ3) is 5.64. The SMILES string of the molecule is COc1ccc(NC(=S)N[C@H](CC(C)C)c2ccccc2)cc1OC. The molecule has 134 valence electrons. The molecule has 5 heteroatoms. The summed E-state index contributed by atoms with van der Waals surface area (Å²) < 4.78 is 10.6. The molecule has 0 fully saturated rings. The van der Waals surface area contributed by atoms with Gasteiger partial charge in [-0.05, 0) is 42.3 Å². The summed E-state index contributed by atoms with van der Waals surface area (Å²) in [7, 11) is 3.24. The normalized spacial score (nSPS) is 11.7. The molecule has 4 nitrogen and oxygen atoms in total. The van der Waals surface area contributed by atoms with Gasteiger partial charge in [-0.1, -0.05) is 44.2 Å². The molecule has 0 unspecified atom stereocenters. The fraction of sp³-hybridized carbons (Fsp3) is 0.350. The lowest BCUT2D eigenvalue weighted by molar-refractivity contribution is 0.355. The number of nitrogens with one attached hydrogen (secondary N) is 2. The molecule has 0 radical (unpaired) electrons. The van der Waals surface area contributed by atoms with E-state index in [1.807, 2.05) is 24.3 Å². The lowest BCUT2D eigenvalue weighted by atomic mass is 9.97. The zero-order valence-corrected chi connectivity index (χ0v) is 16.0. The van der Waals surface area contributed by atoms with Gasteiger partial charge in [0.05, 0.1) is 20.3 Å². The van der Waals surface area contributed by atoms with Crippen LogP contribution in [0.5, 0.6) is 11.5 Å². The number of methoxy groups -OCH3 is 2. The Labute approximate surface area is 155 Å². The zero-order chi connectivity index (χ0) is 18.2. The van der Waals surface area contributed by atoms with Gasteiger partial charge in [0.25, 0.3) is 0 Å². The molecule has 25 heavy (non-hydrogen) atoms. The molecular weight excluding hydrogens is 332 g/mol. The third-order valence-corrected chi connectivity index (χ3v) is 4.08. The average molecular weight is 359 g/mol. The Balaban J connectivity index is 2.08. The van der Waals surface area contributed by atoms with Gasteiger partial charge in [0, 0.05) is 11.8 Å². The van der Waals surface area contributed by atoms with Crippen LogP contribution < -0.4 is 20.1 Å². The Morgan fingerprint density at radius 1 is 1.00 bits per heavy atom. The minimum absolute atomic E-state index is 0.168. The number of benzene rings is 2. The van der Waals surface area contributed by atoms with Crippen molar-refractivity contribution < 1.29 is 9.47 Å². The fourth-order valence-corrected chi connectivity index (χ4v) is 2.93. The minimum Gasteiger partial charge on any atom is -0.493 e. The second-order valence-electron chi connectivity index (χ2n) is 6.26. The minimum atomic E-state index is 0.168. The molecule has 0 saturated heterocycles. The highest BCUT2D eigenvalue weighted by molar-refractivity contribution is 7.80. The van der Waals surface area contributed by atoms with Crippen molar-refractivity contribution in [3.05, 3.63) is 54.1 Å². The molecule has 0 aliphatic carbocycles. The molecule has 2 rings (SSSR count). The van der Waals surface area contributed by atoms with E-state index < -0.39 is 0 Å². The number of hydrogen-bond donors (Lipinski definition) is 2. The molecule has 0 spiro atoms. The van der Waals surface area contributed by atoms with Crippen LogP contribution in [0, 0.1) is 5.92 Å². The van der Waals surface area contributed by atoms with Crippen molar-refractivity contribution in [2.45, 2.75) is 26.3 Å². The number of ether oxygens (including phenoxy) is 2. The van der Waals surface area contributed by atoms with Crippen LogP contribution in [0.3, 0.4) is 0 Å². The Morgan fingerprint density at radius 3 is 2.28 bits per heavy atom. The zero-order valence-electron chi connectivity index (χ0n) is 15.2. The van der Waals surface area contributed by atoms with E-state index >= 15 is 0 Å². The summed E-state index contributed by atoms with van der Waals surface area (Å²) in [6, 6.07) is 16.2. The van der Waals surface area contributed by atoms with Crippen molar-refractivity contribution in [2.75, 3.05) is 19.5 Å². The van der Waals surface area contributed by atoms with Crippen LogP contribution in [-0.2, 0) is 0 Å². The topological polar surface area (TPSA) is 42.5 Å². The molecule has 1 atom stereocenters. The molecule has 0 aliphatic heterocycles. The molecule has 2 N–H and O–H groups in total. The third-order valence-electron chi connectivity index (χ3n) is 3.86. The maximum Gasteiger partial charge on any atom is 0.171 e. The van der Waals surface area contributed by atoms with Crippen LogP contribution in [0.4, 0.5) is 5.69 Å². The van der Waals surface area contributed by atoms with E-state index in [1.54, 1.807) is 14.2 Å². The second-order valence-corrected chi connectivity index (χ2v) is 6.67. The van der Waals surface area contributed by atoms with E-state index in [9.17, 15) is 0 Å². The molecule has 0 amide bonds. The van der Waals surface area contributed by atoms with Crippen molar-refractivity contribution in [2.24, 2.45) is 5.92 Å². The highest BCUT2D eigenvalue weighted by atomic mass is 32.1. The van der Waals surface area contributed by atoms with Gasteiger partial charge in [0.1, 0.15) is 0 Å². The molecular formula is C20H26N2O2S. The van der Waals surface area contributed by atoms with Crippen molar-refractivity contribution in [1.82, 2.24) is 5.32 Å². The van der Waals surface area contributed by atoms with Crippen LogP contribution in [-0.4, -0.2) is 19.3 Å². The van der Waals surface area contributed by atoms with Gasteiger partial charge in [-0.25, -0.2) is 0 Å². The first-order chi connectivity index (χ1) is 12.0. The van der Waals surface area contributed by atoms with Gasteiger partial charge >= 0.3 is 0 Å². The molecule has 2 aromatic carbocycles. The van der Waals surface area contributed by atoms with E-state index in [2.05, 4.69) is 48.7 Å². The highest BCUT2D eigenvalue weighted by Gasteiger charge is 2.15. The largest absolute Gasteiger partial charge is 0.493 e. The molecule has 0 bridgehead atoms. The predicted octanol–water partition coefficient (Wildman–Crippen LogP) is 4.78.